The Balaban J connectivity index is 2.51. The van der Waals surface area contributed by atoms with Crippen molar-refractivity contribution in [2.75, 3.05) is 0 Å². The fourth-order valence-corrected chi connectivity index (χ4v) is 4.92. The lowest BCUT2D eigenvalue weighted by atomic mass is 9.59. The van der Waals surface area contributed by atoms with Crippen molar-refractivity contribution in [2.45, 2.75) is 29.1 Å². The molecule has 5 atom stereocenters. The van der Waals surface area contributed by atoms with Crippen LogP contribution in [0.2, 0.25) is 0 Å². The third-order valence-corrected chi connectivity index (χ3v) is 7.00. The van der Waals surface area contributed by atoms with Crippen LogP contribution in [-0.2, 0) is 28.3 Å². The average molecular weight is 492 g/mol. The Bertz CT molecular complexity index is 1070. The van der Waals surface area contributed by atoms with Crippen molar-refractivity contribution in [3.05, 3.63) is 27.1 Å². The lowest BCUT2D eigenvalue weighted by Gasteiger charge is -2.40. The molecule has 0 spiro atoms. The van der Waals surface area contributed by atoms with Gasteiger partial charge in [0.15, 0.2) is 13.7 Å². The van der Waals surface area contributed by atoms with Crippen LogP contribution in [0.5, 0.6) is 0 Å². The van der Waals surface area contributed by atoms with Gasteiger partial charge in [-0.25, -0.2) is 22.7 Å². The zero-order valence-corrected chi connectivity index (χ0v) is 18.0. The van der Waals surface area contributed by atoms with Crippen molar-refractivity contribution in [1.82, 2.24) is 9.55 Å². The molecule has 6 N–H and O–H groups in total. The average Bonchev–Trinajstić information content (AvgIpc) is 2.70. The first kappa shape index (κ1) is 25.6. The van der Waals surface area contributed by atoms with Gasteiger partial charge in [0.05, 0.1) is 5.40 Å². The van der Waals surface area contributed by atoms with Gasteiger partial charge >= 0.3 is 21.3 Å². The molecule has 2 rings (SSSR count). The highest BCUT2D eigenvalue weighted by Crippen LogP contribution is 2.61. The summed E-state index contributed by atoms with van der Waals surface area (Å²) in [5.41, 5.74) is -3.65. The zero-order valence-electron chi connectivity index (χ0n) is 15.4. The second-order valence-electron chi connectivity index (χ2n) is 6.94. The van der Waals surface area contributed by atoms with E-state index in [0.717, 1.165) is 23.5 Å². The number of halogens is 2. The van der Waals surface area contributed by atoms with Gasteiger partial charge in [-0.2, -0.15) is 4.31 Å². The fraction of sp³-hybridized carbons (Fsp3) is 0.556. The Morgan fingerprint density at radius 2 is 1.83 bits per heavy atom. The molecule has 2 heterocycles. The molecule has 0 radical (unpaired) electrons. The molecule has 21 heteroatoms. The zero-order chi connectivity index (χ0) is 23.5. The largest absolute Gasteiger partial charge is 0.480 e. The molecule has 1 aliphatic heterocycles. The van der Waals surface area contributed by atoms with E-state index < -0.39 is 60.9 Å². The summed E-state index contributed by atoms with van der Waals surface area (Å²) in [4.78, 5) is 40.9. The van der Waals surface area contributed by atoms with Crippen molar-refractivity contribution in [3.63, 3.8) is 0 Å². The molecule has 30 heavy (non-hydrogen) atoms. The van der Waals surface area contributed by atoms with Crippen LogP contribution in [0.25, 0.3) is 0 Å². The summed E-state index contributed by atoms with van der Waals surface area (Å²) in [5, 5.41) is 17.9. The number of aliphatic hydroxyl groups is 2. The molecule has 166 valence electrons. The SMILES string of the molecule is BC(B)(OP(=O)(O)OP(=O)(O)O)[C@@]1(F)O[C@@](B)(n2cc(F)c(=S)[nH]c2=O)[C@H](O)[C@@H]1O. The Morgan fingerprint density at radius 1 is 1.30 bits per heavy atom. The monoisotopic (exact) mass is 492 g/mol. The van der Waals surface area contributed by atoms with Crippen LogP contribution in [0.15, 0.2) is 11.0 Å². The summed E-state index contributed by atoms with van der Waals surface area (Å²) in [6, 6.07) is 0. The minimum absolute atomic E-state index is 0.355. The van der Waals surface area contributed by atoms with E-state index in [1.165, 1.54) is 0 Å². The predicted molar refractivity (Wildman–Crippen MR) is 103 cm³/mol. The lowest BCUT2D eigenvalue weighted by molar-refractivity contribution is -0.240. The van der Waals surface area contributed by atoms with Gasteiger partial charge in [0.2, 0.25) is 0 Å². The molecular formula is C9H15B3F2N2O11P2S. The minimum atomic E-state index is -5.64. The minimum Gasteiger partial charge on any atom is -0.386 e. The van der Waals surface area contributed by atoms with Crippen molar-refractivity contribution in [1.29, 1.82) is 0 Å². The first-order valence-corrected chi connectivity index (χ1v) is 11.3. The summed E-state index contributed by atoms with van der Waals surface area (Å²) in [6.07, 6.45) is -4.36. The van der Waals surface area contributed by atoms with Gasteiger partial charge in [-0.05, 0) is 0 Å². The normalized spacial score (nSPS) is 32.1. The molecule has 1 aromatic rings. The van der Waals surface area contributed by atoms with Crippen LogP contribution < -0.4 is 5.69 Å². The third-order valence-electron chi connectivity index (χ3n) is 4.33. The van der Waals surface area contributed by atoms with Crippen molar-refractivity contribution in [2.24, 2.45) is 0 Å². The van der Waals surface area contributed by atoms with E-state index in [9.17, 15) is 33.4 Å². The molecule has 1 aliphatic rings. The standard InChI is InChI=1S/C9H15B3F2N2O11P2S/c10-8(16-1-2(13)5(30)15-6(16)19)4(18)3(17)7(14,25-8)9(11,12)26-29(23,24)27-28(20,21)22/h1,3-4,17-18H,10-12H2,(H,23,24)(H,15,19,30)(H2,20,21,22)/t3-,4+,7-,8-/m0/s1. The van der Waals surface area contributed by atoms with E-state index in [0.29, 0.717) is 10.8 Å². The van der Waals surface area contributed by atoms with E-state index in [1.807, 2.05) is 4.98 Å². The maximum atomic E-state index is 15.7. The fourth-order valence-electron chi connectivity index (χ4n) is 2.87. The van der Waals surface area contributed by atoms with Gasteiger partial charge in [0.1, 0.15) is 38.2 Å². The van der Waals surface area contributed by atoms with Crippen LogP contribution in [0.1, 0.15) is 0 Å². The van der Waals surface area contributed by atoms with Crippen LogP contribution in [-0.4, -0.2) is 81.4 Å². The maximum Gasteiger partial charge on any atom is 0.480 e. The Hall–Kier alpha value is -0.705. The van der Waals surface area contributed by atoms with Gasteiger partial charge < -0.3 is 29.6 Å². The Labute approximate surface area is 174 Å². The lowest BCUT2D eigenvalue weighted by Crippen LogP contribution is -2.60. The number of aromatic amines is 1. The van der Waals surface area contributed by atoms with Gasteiger partial charge in [-0.1, -0.05) is 12.2 Å². The van der Waals surface area contributed by atoms with Crippen LogP contribution >= 0.6 is 27.9 Å². The summed E-state index contributed by atoms with van der Waals surface area (Å²) in [6.45, 7) is 0. The van der Waals surface area contributed by atoms with E-state index in [-0.39, 0.29) is 0 Å². The number of hydrogen-bond donors (Lipinski definition) is 6. The van der Waals surface area contributed by atoms with E-state index in [4.69, 9.17) is 14.5 Å². The number of hydrogen-bond acceptors (Lipinski definition) is 9. The third kappa shape index (κ3) is 4.57. The van der Waals surface area contributed by atoms with Crippen LogP contribution in [0.4, 0.5) is 8.78 Å². The molecule has 0 aliphatic carbocycles. The summed E-state index contributed by atoms with van der Waals surface area (Å²) < 4.78 is 65.0. The number of H-pyrrole nitrogens is 1. The van der Waals surface area contributed by atoms with Gasteiger partial charge in [0, 0.05) is 6.20 Å². The molecule has 0 amide bonds. The smallest absolute Gasteiger partial charge is 0.386 e. The number of phosphoric acid groups is 2. The molecule has 13 nitrogen and oxygen atoms in total. The predicted octanol–water partition coefficient (Wildman–Crippen LogP) is -4.15. The first-order chi connectivity index (χ1) is 13.3. The number of ether oxygens (including phenoxy) is 1. The molecule has 0 aromatic carbocycles. The quantitative estimate of drug-likeness (QED) is 0.128. The number of aromatic nitrogens is 2. The second kappa shape index (κ2) is 7.71. The molecule has 0 saturated carbocycles. The number of nitrogens with zero attached hydrogens (tertiary/aromatic N) is 1. The molecule has 0 bridgehead atoms. The first-order valence-electron chi connectivity index (χ1n) is 7.83. The van der Waals surface area contributed by atoms with Crippen molar-refractivity contribution in [3.8, 4) is 0 Å². The topological polar surface area (TPSA) is 201 Å². The van der Waals surface area contributed by atoms with Crippen molar-refractivity contribution >= 4 is 51.4 Å². The number of alkyl halides is 1. The second-order valence-corrected chi connectivity index (χ2v) is 10.1. The van der Waals surface area contributed by atoms with Gasteiger partial charge in [-0.3, -0.25) is 14.1 Å². The van der Waals surface area contributed by atoms with E-state index in [2.05, 4.69) is 21.1 Å². The highest BCUT2D eigenvalue weighted by Gasteiger charge is 2.69. The molecular weight excluding hydrogens is 477 g/mol. The Kier molecular flexibility index (Phi) is 6.57. The number of nitrogens with one attached hydrogen (secondary N) is 1. The maximum absolute atomic E-state index is 15.7. The summed E-state index contributed by atoms with van der Waals surface area (Å²) in [5.74, 6) is -4.74. The number of rotatable bonds is 6. The molecule has 1 aromatic heterocycles. The molecule has 1 saturated heterocycles. The van der Waals surface area contributed by atoms with Gasteiger partial charge in [0.25, 0.3) is 5.85 Å². The van der Waals surface area contributed by atoms with Crippen LogP contribution in [0.3, 0.4) is 0 Å². The van der Waals surface area contributed by atoms with Crippen molar-refractivity contribution < 1.29 is 56.4 Å². The van der Waals surface area contributed by atoms with E-state index >= 15 is 4.39 Å². The number of phosphoric ester groups is 1. The summed E-state index contributed by atoms with van der Waals surface area (Å²) in [7, 11) is -8.86. The molecule has 1 fully saturated rings. The Morgan fingerprint density at radius 3 is 2.33 bits per heavy atom. The van der Waals surface area contributed by atoms with Gasteiger partial charge in [-0.15, -0.1) is 0 Å². The van der Waals surface area contributed by atoms with Crippen LogP contribution in [0, 0.1) is 10.5 Å². The summed E-state index contributed by atoms with van der Waals surface area (Å²) >= 11 is 4.54. The number of aliphatic hydroxyl groups excluding tert-OH is 2. The highest BCUT2D eigenvalue weighted by atomic mass is 32.1. The highest BCUT2D eigenvalue weighted by molar-refractivity contribution is 7.71. The van der Waals surface area contributed by atoms with E-state index in [1.54, 1.807) is 0 Å². The molecule has 1 unspecified atom stereocenters.